The lowest BCUT2D eigenvalue weighted by Gasteiger charge is -2.10. The molecule has 3 rings (SSSR count). The molecule has 2 aromatic heterocycles. The van der Waals surface area contributed by atoms with Gasteiger partial charge in [-0.25, -0.2) is 17.8 Å². The lowest BCUT2D eigenvalue weighted by atomic mass is 10.3. The summed E-state index contributed by atoms with van der Waals surface area (Å²) in [5.74, 6) is 0.505. The minimum Gasteiger partial charge on any atom is -0.463 e. The molecular formula is C16H13Cl2N3O4S. The molecule has 0 radical (unpaired) electrons. The lowest BCUT2D eigenvalue weighted by molar-refractivity contribution is 0.539. The number of nitrogens with zero attached hydrogens (tertiary/aromatic N) is 2. The molecule has 0 fully saturated rings. The Morgan fingerprint density at radius 2 is 1.96 bits per heavy atom. The van der Waals surface area contributed by atoms with Gasteiger partial charge in [0.25, 0.3) is 5.56 Å². The van der Waals surface area contributed by atoms with Crippen molar-refractivity contribution in [2.24, 2.45) is 0 Å². The second kappa shape index (κ2) is 7.63. The van der Waals surface area contributed by atoms with Crippen molar-refractivity contribution in [2.75, 3.05) is 6.54 Å². The van der Waals surface area contributed by atoms with Crippen LogP contribution in [0, 0.1) is 0 Å². The number of rotatable bonds is 6. The van der Waals surface area contributed by atoms with E-state index in [0.717, 1.165) is 4.68 Å². The predicted molar refractivity (Wildman–Crippen MR) is 97.8 cm³/mol. The van der Waals surface area contributed by atoms with Gasteiger partial charge in [0, 0.05) is 17.6 Å². The first-order chi connectivity index (χ1) is 12.4. The average Bonchev–Trinajstić information content (AvgIpc) is 3.13. The van der Waals surface area contributed by atoms with Gasteiger partial charge in [-0.15, -0.1) is 0 Å². The molecule has 0 aliphatic heterocycles. The molecule has 0 spiro atoms. The van der Waals surface area contributed by atoms with Gasteiger partial charge in [0.2, 0.25) is 10.0 Å². The SMILES string of the molecule is O=c1ccc(-c2ccco2)nn1CCNS(=O)(=O)c1cc(Cl)ccc1Cl. The van der Waals surface area contributed by atoms with Gasteiger partial charge in [-0.1, -0.05) is 23.2 Å². The van der Waals surface area contributed by atoms with Crippen LogP contribution in [0.5, 0.6) is 0 Å². The number of benzene rings is 1. The van der Waals surface area contributed by atoms with Crippen LogP contribution < -0.4 is 10.3 Å². The first-order valence-electron chi connectivity index (χ1n) is 7.43. The van der Waals surface area contributed by atoms with E-state index in [1.807, 2.05) is 0 Å². The van der Waals surface area contributed by atoms with Gasteiger partial charge in [-0.2, -0.15) is 5.10 Å². The van der Waals surface area contributed by atoms with Crippen LogP contribution in [0.15, 0.2) is 62.8 Å². The quantitative estimate of drug-likeness (QED) is 0.670. The maximum absolute atomic E-state index is 12.4. The van der Waals surface area contributed by atoms with E-state index in [1.54, 1.807) is 12.1 Å². The van der Waals surface area contributed by atoms with Gasteiger partial charge in [0.1, 0.15) is 10.6 Å². The zero-order valence-corrected chi connectivity index (χ0v) is 15.6. The van der Waals surface area contributed by atoms with Gasteiger partial charge in [-0.05, 0) is 36.4 Å². The Morgan fingerprint density at radius 3 is 2.69 bits per heavy atom. The van der Waals surface area contributed by atoms with Crippen LogP contribution in [-0.4, -0.2) is 24.7 Å². The minimum atomic E-state index is -3.88. The summed E-state index contributed by atoms with van der Waals surface area (Å²) in [6, 6.07) is 10.4. The molecular weight excluding hydrogens is 401 g/mol. The Labute approximate surface area is 159 Å². The summed E-state index contributed by atoms with van der Waals surface area (Å²) < 4.78 is 33.5. The lowest BCUT2D eigenvalue weighted by Crippen LogP contribution is -2.32. The second-order valence-electron chi connectivity index (χ2n) is 5.23. The molecule has 0 bridgehead atoms. The van der Waals surface area contributed by atoms with Crippen LogP contribution in [0.25, 0.3) is 11.5 Å². The summed E-state index contributed by atoms with van der Waals surface area (Å²) in [6.45, 7) is -0.0233. The highest BCUT2D eigenvalue weighted by molar-refractivity contribution is 7.89. The third-order valence-corrected chi connectivity index (χ3v) is 5.62. The monoisotopic (exact) mass is 413 g/mol. The van der Waals surface area contributed by atoms with E-state index in [2.05, 4.69) is 9.82 Å². The molecule has 0 atom stereocenters. The smallest absolute Gasteiger partial charge is 0.266 e. The van der Waals surface area contributed by atoms with Crippen molar-refractivity contribution in [1.29, 1.82) is 0 Å². The van der Waals surface area contributed by atoms with Crippen molar-refractivity contribution in [3.63, 3.8) is 0 Å². The highest BCUT2D eigenvalue weighted by atomic mass is 35.5. The number of aromatic nitrogens is 2. The fourth-order valence-corrected chi connectivity index (χ4v) is 3.99. The third kappa shape index (κ3) is 4.16. The fourth-order valence-electron chi connectivity index (χ4n) is 2.21. The van der Waals surface area contributed by atoms with E-state index in [9.17, 15) is 13.2 Å². The second-order valence-corrected chi connectivity index (χ2v) is 7.81. The molecule has 0 saturated carbocycles. The van der Waals surface area contributed by atoms with E-state index in [4.69, 9.17) is 27.6 Å². The van der Waals surface area contributed by atoms with Crippen LogP contribution >= 0.6 is 23.2 Å². The third-order valence-electron chi connectivity index (χ3n) is 3.44. The number of hydrogen-bond acceptors (Lipinski definition) is 5. The summed E-state index contributed by atoms with van der Waals surface area (Å²) in [4.78, 5) is 11.8. The Kier molecular flexibility index (Phi) is 5.47. The van der Waals surface area contributed by atoms with Crippen molar-refractivity contribution < 1.29 is 12.8 Å². The standard InChI is InChI=1S/C16H13Cl2N3O4S/c17-11-3-4-12(18)15(10-11)26(23,24)19-7-8-21-16(22)6-5-13(20-21)14-2-1-9-25-14/h1-6,9-10,19H,7-8H2. The van der Waals surface area contributed by atoms with Gasteiger partial charge in [0.15, 0.2) is 5.76 Å². The molecule has 0 aliphatic carbocycles. The Bertz CT molecular complexity index is 1080. The number of hydrogen-bond donors (Lipinski definition) is 1. The van der Waals surface area contributed by atoms with Crippen LogP contribution in [0.1, 0.15) is 0 Å². The molecule has 10 heteroatoms. The molecule has 136 valence electrons. The zero-order chi connectivity index (χ0) is 18.7. The molecule has 1 N–H and O–H groups in total. The van der Waals surface area contributed by atoms with Gasteiger partial charge in [0.05, 0.1) is 17.8 Å². The maximum Gasteiger partial charge on any atom is 0.266 e. The Balaban J connectivity index is 1.74. The first-order valence-corrected chi connectivity index (χ1v) is 9.67. The number of halogens is 2. The molecule has 0 unspecified atom stereocenters. The van der Waals surface area contributed by atoms with Crippen molar-refractivity contribution in [3.8, 4) is 11.5 Å². The van der Waals surface area contributed by atoms with Gasteiger partial charge < -0.3 is 4.42 Å². The van der Waals surface area contributed by atoms with E-state index in [-0.39, 0.29) is 33.6 Å². The van der Waals surface area contributed by atoms with E-state index >= 15 is 0 Å². The molecule has 26 heavy (non-hydrogen) atoms. The summed E-state index contributed by atoms with van der Waals surface area (Å²) >= 11 is 11.7. The molecule has 7 nitrogen and oxygen atoms in total. The van der Waals surface area contributed by atoms with Crippen LogP contribution in [0.2, 0.25) is 10.0 Å². The predicted octanol–water partition coefficient (Wildman–Crippen LogP) is 2.79. The molecule has 2 heterocycles. The maximum atomic E-state index is 12.4. The first kappa shape index (κ1) is 18.7. The zero-order valence-electron chi connectivity index (χ0n) is 13.2. The molecule has 3 aromatic rings. The van der Waals surface area contributed by atoms with Crippen LogP contribution in [0.3, 0.4) is 0 Å². The summed E-state index contributed by atoms with van der Waals surface area (Å²) in [5.41, 5.74) is 0.107. The van der Waals surface area contributed by atoms with Crippen LogP contribution in [-0.2, 0) is 16.6 Å². The van der Waals surface area contributed by atoms with Gasteiger partial charge in [-0.3, -0.25) is 4.79 Å². The highest BCUT2D eigenvalue weighted by Crippen LogP contribution is 2.24. The van der Waals surface area contributed by atoms with E-state index in [0.29, 0.717) is 11.5 Å². The summed E-state index contributed by atoms with van der Waals surface area (Å²) in [5, 5.41) is 4.47. The number of sulfonamides is 1. The molecule has 0 amide bonds. The van der Waals surface area contributed by atoms with Crippen molar-refractivity contribution in [2.45, 2.75) is 11.4 Å². The van der Waals surface area contributed by atoms with E-state index in [1.165, 1.54) is 36.6 Å². The molecule has 0 aliphatic rings. The molecule has 1 aromatic carbocycles. The Morgan fingerprint density at radius 1 is 1.15 bits per heavy atom. The summed E-state index contributed by atoms with van der Waals surface area (Å²) in [7, 11) is -3.88. The van der Waals surface area contributed by atoms with E-state index < -0.39 is 10.0 Å². The number of furan rings is 1. The molecule has 0 saturated heterocycles. The minimum absolute atomic E-state index is 0.0325. The topological polar surface area (TPSA) is 94.2 Å². The Hall–Kier alpha value is -2.13. The highest BCUT2D eigenvalue weighted by Gasteiger charge is 2.18. The van der Waals surface area contributed by atoms with Crippen LogP contribution in [0.4, 0.5) is 0 Å². The average molecular weight is 414 g/mol. The summed E-state index contributed by atoms with van der Waals surface area (Å²) in [6.07, 6.45) is 1.50. The van der Waals surface area contributed by atoms with Crippen molar-refractivity contribution >= 4 is 33.2 Å². The fraction of sp³-hybridized carbons (Fsp3) is 0.125. The van der Waals surface area contributed by atoms with Crippen molar-refractivity contribution in [1.82, 2.24) is 14.5 Å². The largest absolute Gasteiger partial charge is 0.463 e. The van der Waals surface area contributed by atoms with Gasteiger partial charge >= 0.3 is 0 Å². The number of nitrogens with one attached hydrogen (secondary N) is 1. The van der Waals surface area contributed by atoms with Crippen molar-refractivity contribution in [3.05, 3.63) is 69.1 Å². The normalized spacial score (nSPS) is 11.6.